The monoisotopic (exact) mass is 377 g/mol. The van der Waals surface area contributed by atoms with E-state index in [2.05, 4.69) is 32.3 Å². The number of halogens is 1. The van der Waals surface area contributed by atoms with Crippen molar-refractivity contribution in [2.24, 2.45) is 0 Å². The van der Waals surface area contributed by atoms with Gasteiger partial charge in [0.2, 0.25) is 0 Å². The lowest BCUT2D eigenvalue weighted by atomic mass is 9.98. The van der Waals surface area contributed by atoms with Crippen molar-refractivity contribution in [1.29, 1.82) is 0 Å². The minimum Gasteiger partial charge on any atom is -0.495 e. The molecular weight excluding hydrogens is 359 g/mol. The van der Waals surface area contributed by atoms with Crippen molar-refractivity contribution in [1.82, 2.24) is 10.3 Å². The number of hydrogen-bond acceptors (Lipinski definition) is 3. The number of amides is 1. The van der Waals surface area contributed by atoms with Gasteiger partial charge < -0.3 is 15.0 Å². The maximum absolute atomic E-state index is 14.7. The molecule has 1 amide bonds. The highest BCUT2D eigenvalue weighted by Gasteiger charge is 2.42. The van der Waals surface area contributed by atoms with Gasteiger partial charge in [-0.05, 0) is 35.5 Å². The Labute approximate surface area is 161 Å². The van der Waals surface area contributed by atoms with Gasteiger partial charge in [-0.15, -0.1) is 0 Å². The van der Waals surface area contributed by atoms with Crippen LogP contribution in [0.1, 0.15) is 29.7 Å². The Balaban J connectivity index is 1.85. The number of nitrogens with one attached hydrogen (secondary N) is 3. The Bertz CT molecular complexity index is 1090. The lowest BCUT2D eigenvalue weighted by molar-refractivity contribution is -0.110. The summed E-state index contributed by atoms with van der Waals surface area (Å²) in [6, 6.07) is 4.55. The lowest BCUT2D eigenvalue weighted by Crippen LogP contribution is -2.34. The average Bonchev–Trinajstić information content (AvgIpc) is 3.42. The first-order valence-corrected chi connectivity index (χ1v) is 8.84. The van der Waals surface area contributed by atoms with E-state index in [0.717, 1.165) is 13.0 Å². The fourth-order valence-electron chi connectivity index (χ4n) is 3.47. The first kappa shape index (κ1) is 17.8. The van der Waals surface area contributed by atoms with Gasteiger partial charge in [0.15, 0.2) is 0 Å². The molecular formula is C21H18FN4O2+. The lowest BCUT2D eigenvalue weighted by Gasteiger charge is -2.06. The number of carbonyl (C=O) groups is 1. The van der Waals surface area contributed by atoms with E-state index in [1.54, 1.807) is 18.3 Å². The number of carbonyl (C=O) groups excluding carboxylic acids is 1. The molecule has 1 aromatic carbocycles. The van der Waals surface area contributed by atoms with E-state index in [4.69, 9.17) is 11.3 Å². The Morgan fingerprint density at radius 1 is 1.39 bits per heavy atom. The van der Waals surface area contributed by atoms with Gasteiger partial charge in [-0.25, -0.2) is 9.71 Å². The Hall–Kier alpha value is -3.55. The van der Waals surface area contributed by atoms with Crippen LogP contribution >= 0.6 is 0 Å². The SMILES string of the molecule is C#[N+][C@@]1(C#Cc2c(F)ccc3c2/C(=C/c2[nH]ccc2OC)C(=O)N3)CCCN1. The molecule has 6 nitrogen and oxygen atoms in total. The summed E-state index contributed by atoms with van der Waals surface area (Å²) in [6.45, 7) is 6.26. The van der Waals surface area contributed by atoms with Gasteiger partial charge in [0.1, 0.15) is 11.6 Å². The first-order chi connectivity index (χ1) is 13.6. The van der Waals surface area contributed by atoms with Crippen LogP contribution in [0.3, 0.4) is 0 Å². The molecule has 0 unspecified atom stereocenters. The van der Waals surface area contributed by atoms with E-state index in [0.29, 0.717) is 34.7 Å². The van der Waals surface area contributed by atoms with Crippen LogP contribution in [-0.4, -0.2) is 30.2 Å². The summed E-state index contributed by atoms with van der Waals surface area (Å²) in [4.78, 5) is 19.4. The van der Waals surface area contributed by atoms with Crippen molar-refractivity contribution >= 4 is 23.2 Å². The second-order valence-corrected chi connectivity index (χ2v) is 6.59. The number of anilines is 1. The molecule has 3 heterocycles. The molecule has 3 N–H and O–H groups in total. The molecule has 1 atom stereocenters. The number of H-pyrrole nitrogens is 1. The maximum atomic E-state index is 14.7. The molecule has 2 aromatic rings. The molecule has 4 rings (SSSR count). The standard InChI is InChI=1S/C21H17FN4O2/c1-23-21(8-3-10-25-21)9-6-13-15(22)4-5-16-19(13)14(20(27)26-16)12-17-18(28-2)7-11-24-17/h1,4-5,7,11-12,25H,3,8,10H2,2H3,(H-,24,26,27)/p+1/t21-/m0/s1. The van der Waals surface area contributed by atoms with Gasteiger partial charge >= 0.3 is 5.66 Å². The predicted octanol–water partition coefficient (Wildman–Crippen LogP) is 3.05. The zero-order valence-electron chi connectivity index (χ0n) is 15.2. The Morgan fingerprint density at radius 3 is 2.96 bits per heavy atom. The highest BCUT2D eigenvalue weighted by atomic mass is 19.1. The van der Waals surface area contributed by atoms with Gasteiger partial charge in [-0.2, -0.15) is 0 Å². The normalized spacial score (nSPS) is 21.6. The molecule has 1 aromatic heterocycles. The predicted molar refractivity (Wildman–Crippen MR) is 105 cm³/mol. The van der Waals surface area contributed by atoms with Crippen molar-refractivity contribution in [3.8, 4) is 24.2 Å². The molecule has 2 aliphatic heterocycles. The first-order valence-electron chi connectivity index (χ1n) is 8.84. The fraction of sp³-hybridized carbons (Fsp3) is 0.238. The summed E-state index contributed by atoms with van der Waals surface area (Å²) in [5.74, 6) is 5.55. The second kappa shape index (κ2) is 6.88. The number of aromatic nitrogens is 1. The van der Waals surface area contributed by atoms with E-state index < -0.39 is 11.5 Å². The summed E-state index contributed by atoms with van der Waals surface area (Å²) < 4.78 is 20.0. The number of hydrogen-bond donors (Lipinski definition) is 3. The molecule has 0 aliphatic carbocycles. The third kappa shape index (κ3) is 2.92. The Morgan fingerprint density at radius 2 is 2.25 bits per heavy atom. The zero-order chi connectivity index (χ0) is 19.7. The van der Waals surface area contributed by atoms with E-state index in [1.165, 1.54) is 19.2 Å². The van der Waals surface area contributed by atoms with Crippen LogP contribution in [0.4, 0.5) is 10.1 Å². The minimum atomic E-state index is -0.891. The second-order valence-electron chi connectivity index (χ2n) is 6.59. The molecule has 2 aliphatic rings. The number of ether oxygens (including phenoxy) is 1. The molecule has 28 heavy (non-hydrogen) atoms. The van der Waals surface area contributed by atoms with Crippen LogP contribution in [0, 0.1) is 24.2 Å². The number of methoxy groups -OCH3 is 1. The van der Waals surface area contributed by atoms with E-state index in [9.17, 15) is 9.18 Å². The van der Waals surface area contributed by atoms with E-state index in [-0.39, 0.29) is 11.5 Å². The molecule has 1 fully saturated rings. The van der Waals surface area contributed by atoms with E-state index >= 15 is 0 Å². The van der Waals surface area contributed by atoms with Gasteiger partial charge in [0, 0.05) is 24.2 Å². The van der Waals surface area contributed by atoms with Crippen LogP contribution < -0.4 is 15.4 Å². The highest BCUT2D eigenvalue weighted by molar-refractivity contribution is 6.35. The van der Waals surface area contributed by atoms with Crippen LogP contribution in [0.5, 0.6) is 5.75 Å². The maximum Gasteiger partial charge on any atom is 0.396 e. The van der Waals surface area contributed by atoms with E-state index in [1.807, 2.05) is 0 Å². The summed E-state index contributed by atoms with van der Waals surface area (Å²) in [6.07, 6.45) is 4.85. The number of fused-ring (bicyclic) bond motifs is 1. The molecule has 0 radical (unpaired) electrons. The van der Waals surface area contributed by atoms with Gasteiger partial charge in [0.25, 0.3) is 12.5 Å². The molecule has 1 saturated heterocycles. The summed E-state index contributed by atoms with van der Waals surface area (Å²) in [7, 11) is 1.54. The third-order valence-electron chi connectivity index (χ3n) is 4.91. The minimum absolute atomic E-state index is 0.129. The van der Waals surface area contributed by atoms with Gasteiger partial charge in [0.05, 0.1) is 36.0 Å². The quantitative estimate of drug-likeness (QED) is 0.557. The highest BCUT2D eigenvalue weighted by Crippen LogP contribution is 2.37. The van der Waals surface area contributed by atoms with Crippen LogP contribution in [0.15, 0.2) is 24.4 Å². The number of aromatic amines is 1. The summed E-state index contributed by atoms with van der Waals surface area (Å²) in [5, 5.41) is 5.90. The third-order valence-corrected chi connectivity index (χ3v) is 4.91. The largest absolute Gasteiger partial charge is 0.495 e. The average molecular weight is 377 g/mol. The van der Waals surface area contributed by atoms with Crippen molar-refractivity contribution in [2.45, 2.75) is 18.5 Å². The van der Waals surface area contributed by atoms with Crippen LogP contribution in [0.2, 0.25) is 0 Å². The van der Waals surface area contributed by atoms with Crippen molar-refractivity contribution < 1.29 is 13.9 Å². The number of nitrogens with zero attached hydrogens (tertiary/aromatic N) is 1. The fourth-order valence-corrected chi connectivity index (χ4v) is 3.47. The van der Waals surface area contributed by atoms with Gasteiger partial charge in [-0.1, -0.05) is 5.92 Å². The van der Waals surface area contributed by atoms with Crippen LogP contribution in [0.25, 0.3) is 16.5 Å². The van der Waals surface area contributed by atoms with Crippen molar-refractivity contribution in [2.75, 3.05) is 19.0 Å². The van der Waals surface area contributed by atoms with Crippen molar-refractivity contribution in [3.63, 3.8) is 0 Å². The molecule has 0 spiro atoms. The number of rotatable bonds is 2. The molecule has 0 bridgehead atoms. The molecule has 7 heteroatoms. The smallest absolute Gasteiger partial charge is 0.396 e. The zero-order valence-corrected chi connectivity index (χ0v) is 15.2. The molecule has 140 valence electrons. The van der Waals surface area contributed by atoms with Crippen LogP contribution in [-0.2, 0) is 4.79 Å². The summed E-state index contributed by atoms with van der Waals surface area (Å²) >= 11 is 0. The number of benzene rings is 1. The topological polar surface area (TPSA) is 70.5 Å². The van der Waals surface area contributed by atoms with Crippen molar-refractivity contribution in [3.05, 3.63) is 51.9 Å². The molecule has 0 saturated carbocycles. The summed E-state index contributed by atoms with van der Waals surface area (Å²) in [5.41, 5.74) is 1.07. The van der Waals surface area contributed by atoms with Gasteiger partial charge in [-0.3, -0.25) is 4.79 Å². The Kier molecular flexibility index (Phi) is 4.38.